The van der Waals surface area contributed by atoms with Crippen LogP contribution in [-0.2, 0) is 0 Å². The molecule has 0 aromatic heterocycles. The van der Waals surface area contributed by atoms with Crippen LogP contribution in [-0.4, -0.2) is 0 Å². The first-order chi connectivity index (χ1) is 71.9. The molecule has 0 fully saturated rings. The molecule has 0 aliphatic rings. The van der Waals surface area contributed by atoms with E-state index in [-0.39, 0.29) is 0 Å². The van der Waals surface area contributed by atoms with Crippen LogP contribution in [0.15, 0.2) is 736 Å². The van der Waals surface area contributed by atoms with Gasteiger partial charge in [0.1, 0.15) is 0 Å². The summed E-state index contributed by atoms with van der Waals surface area (Å²) < 4.78 is 0. The van der Waals surface area contributed by atoms with Gasteiger partial charge in [-0.2, -0.15) is 10.8 Å². The highest BCUT2D eigenvalue weighted by Crippen LogP contribution is 2.03. The Labute approximate surface area is 753 Å². The highest BCUT2D eigenvalue weighted by atomic mass is 15.8. The van der Waals surface area contributed by atoms with Crippen LogP contribution in [0.2, 0.25) is 0 Å². The summed E-state index contributed by atoms with van der Waals surface area (Å²) in [6.45, 7) is 0. The molecule has 0 unspecified atom stereocenters. The predicted molar refractivity (Wildman–Crippen MR) is 351 cm³/mol. The Kier molecular flexibility index (Phi) is 91.2. The first-order valence-corrected chi connectivity index (χ1v) is 28.7. The van der Waals surface area contributed by atoms with Gasteiger partial charge in [-0.25, -0.2) is 0 Å². The Balaban J connectivity index is 4.14. The summed E-state index contributed by atoms with van der Waals surface area (Å²) in [4.78, 5) is 0. The maximum absolute atomic E-state index is 8.04. The van der Waals surface area contributed by atoms with Crippen molar-refractivity contribution in [3.8, 4) is 6.19 Å². The zero-order valence-electron chi connectivity index (χ0n) is 64.5. The fourth-order valence-electron chi connectivity index (χ4n) is 2.51. The van der Waals surface area contributed by atoms with Gasteiger partial charge in [0.15, 0.2) is 0 Å². The average Bonchev–Trinajstić information content (AvgIpc) is 1.12. The average molecular weight is 2020 g/mol. The monoisotopic (exact) mass is 2020 g/mol. The van der Waals surface area contributed by atoms with E-state index in [1.165, 1.54) is 6.19 Å². The minimum atomic E-state index is 1.31. The summed E-state index contributed by atoms with van der Waals surface area (Å²) in [7, 11) is 0. The molecule has 1 N–H and O–H groups in total. The molecule has 144 heavy (non-hydrogen) atoms. The Hall–Kier alpha value is -28.9. The second-order valence-electron chi connectivity index (χ2n) is 12.7. The minimum absolute atomic E-state index is 1.31. The van der Waals surface area contributed by atoms with E-state index in [0.29, 0.717) is 0 Å². The smallest absolute Gasteiger partial charge is 0.183 e. The van der Waals surface area contributed by atoms with Gasteiger partial charge >= 0.3 is 0 Å². The van der Waals surface area contributed by atoms with Crippen LogP contribution in [0.1, 0.15) is 0 Å². The highest BCUT2D eigenvalue weighted by molar-refractivity contribution is 4.56. The molecule has 143 nitrogen and oxygen atoms in total. The van der Waals surface area contributed by atoms with E-state index in [4.69, 9.17) is 10.8 Å². The zero-order valence-corrected chi connectivity index (χ0v) is 64.5. The molecule has 0 bridgehead atoms. The lowest BCUT2D eigenvalue weighted by molar-refractivity contribution is 0.722. The van der Waals surface area contributed by atoms with Crippen molar-refractivity contribution in [2.24, 2.45) is 736 Å². The number of nitrogens with zero attached hydrogens (tertiary/aromatic N) is 142. The summed E-state index contributed by atoms with van der Waals surface area (Å²) in [5.74, 6) is 0. The molecule has 0 spiro atoms. The molecule has 0 saturated carbocycles. The van der Waals surface area contributed by atoms with E-state index < -0.39 is 0 Å². The van der Waals surface area contributed by atoms with Crippen LogP contribution in [0.4, 0.5) is 0 Å². The number of hydrogen-bond acceptors (Lipinski definition) is 3. The molecule has 0 aliphatic heterocycles. The Bertz CT molecular complexity index is 5270. The second-order valence-corrected chi connectivity index (χ2v) is 12.7. The highest BCUT2D eigenvalue weighted by Gasteiger charge is 1.84. The van der Waals surface area contributed by atoms with Gasteiger partial charge in [0.2, 0.25) is 6.19 Å². The quantitative estimate of drug-likeness (QED) is 0.0346. The zero-order chi connectivity index (χ0) is 102. The van der Waals surface area contributed by atoms with Gasteiger partial charge < -0.3 is 0 Å². The number of hydrogen-bond donors (Lipinski definition) is 1. The summed E-state index contributed by atoms with van der Waals surface area (Å²) in [5.41, 5.74) is 6.28. The fourth-order valence-corrected chi connectivity index (χ4v) is 2.51. The van der Waals surface area contributed by atoms with Crippen molar-refractivity contribution in [1.82, 2.24) is 0 Å². The molecule has 0 aliphatic carbocycles. The van der Waals surface area contributed by atoms with E-state index in [1.807, 2.05) is 0 Å². The van der Waals surface area contributed by atoms with Gasteiger partial charge in [-0.3, -0.25) is 0 Å². The lowest BCUT2D eigenvalue weighted by atomic mass is 11.5. The van der Waals surface area contributed by atoms with Crippen LogP contribution < -0.4 is 0 Å². The molecule has 0 saturated heterocycles. The second kappa shape index (κ2) is 114. The molecule has 0 rings (SSSR count). The third-order valence-corrected chi connectivity index (χ3v) is 5.65. The van der Waals surface area contributed by atoms with E-state index in [9.17, 15) is 0 Å². The summed E-state index contributed by atoms with van der Waals surface area (Å²) in [6, 6.07) is 0. The third kappa shape index (κ3) is 113. The predicted octanol–water partition coefficient (Wildman–Crippen LogP) is 26.2. The minimum Gasteiger partial charge on any atom is -0.183 e. The molecule has 143 heteroatoms. The first-order valence-electron chi connectivity index (χ1n) is 28.7. The Morgan fingerprint density at radius 2 is 0.111 bits per heavy atom. The normalized spacial score (nSPS) is 15.7. The molecule has 0 aromatic rings. The van der Waals surface area contributed by atoms with Crippen molar-refractivity contribution < 1.29 is 0 Å². The van der Waals surface area contributed by atoms with E-state index in [0.717, 1.165) is 0 Å². The molecule has 0 amide bonds. The van der Waals surface area contributed by atoms with Crippen LogP contribution in [0.5, 0.6) is 0 Å². The molecular formula is CHN143. The van der Waals surface area contributed by atoms with Gasteiger partial charge in [0, 0.05) is 648 Å². The SMILES string of the molecule is N#CN=N/N=N/N=N/N=N/N=N/N=N/N=N/N=N/N=N/N=N/N=N/N=N/N=N/N=N/N=N/N=N/N=N/N=N/N=N/N=N/N=N/N=N/N=N/N=N/N=N/N=N/N=N/N=N/N=N/N=N/N=N/N=N/N=N/N=N/N=N/N=N/N=N/N=N/N=N/N=N/N=N/N=N/N=N/N=N/N=N/N=N/N=N/N=N/N=N/N=N/N=N/N=N/N=N/N=N/N=N/N=N/N=N/N=N/N=N/N=N/N=N/N=N/N=N/N=N/N=N/N=N/N=N/N=N/N=N/N=N/N=N. The topological polar surface area (TPSA) is 1790 Å². The van der Waals surface area contributed by atoms with Crippen LogP contribution >= 0.6 is 0 Å². The Morgan fingerprint density at radius 1 is 0.0694 bits per heavy atom. The number of rotatable bonds is 70. The Morgan fingerprint density at radius 3 is 0.153 bits per heavy atom. The molecule has 0 aromatic carbocycles. The fraction of sp³-hybridized carbons (Fsp3) is 0. The molecular weight excluding hydrogens is 2020 g/mol. The first kappa shape index (κ1) is 115. The number of nitrogens with one attached hydrogen (secondary N) is 1. The van der Waals surface area contributed by atoms with Crippen molar-refractivity contribution in [2.45, 2.75) is 0 Å². The lowest BCUT2D eigenvalue weighted by Gasteiger charge is -1.71. The molecule has 0 atom stereocenters. The van der Waals surface area contributed by atoms with Gasteiger partial charge in [0.25, 0.3) is 0 Å². The van der Waals surface area contributed by atoms with Crippen molar-refractivity contribution in [2.75, 3.05) is 0 Å². The van der Waals surface area contributed by atoms with Gasteiger partial charge in [0.05, 0.1) is 0 Å². The van der Waals surface area contributed by atoms with Crippen LogP contribution in [0.25, 0.3) is 0 Å². The van der Waals surface area contributed by atoms with Crippen molar-refractivity contribution in [3.05, 3.63) is 0 Å². The van der Waals surface area contributed by atoms with Gasteiger partial charge in [-0.1, -0.05) is 0 Å². The number of nitriles is 1. The summed E-state index contributed by atoms with van der Waals surface area (Å²) in [5, 5.41) is 429. The third-order valence-electron chi connectivity index (χ3n) is 5.65. The molecule has 0 radical (unpaired) electrons. The van der Waals surface area contributed by atoms with Gasteiger partial charge in [-0.05, 0) is 88.7 Å². The standard InChI is InChI=1S/CHN143/c2-1-4-6-8-10-12-14-16-18-20-22-24-26-28-30-32-34-36-38-40-42-44-46-48-50-52-54-56-58-60-62-64-66-68-70-72-74-76-78-80-82-84-86-88-90-92-94-96-98-100-102-104-106-108-110-112-114-116-118-120-122-124-126-128-130-132-134-136-138-140-142-144-143-141-139-137-135-133-131-129-127-125-123-121-119-117-115-113-111-109-107-105-103-101-99-97-95-93-91-89-87-85-83-81-79-77-75-73-71-69-67-65-63-61-59-57-55-53-51-49-47-45-43-41-39-37-35-33-31-29-27-25-23-21-19-17-15-13-11-9-7-5-3/h3H/b5-3?,6-4?,9-7+,10-8+,13-11+,14-12+,17-15+,18-16+,21-19+,22-20+,25-23+,26-24+,29-27+,30-28+,33-31+,34-32+,37-35+,38-36+,41-39+,42-40+,45-43+,46-44+,49-47+,50-48+,53-51+,54-52+,57-55+,58-56+,61-59+,62-60+,65-63+,66-64+,69-67+,70-68+,73-71+,74-72+,77-75+,78-76+,81-79+,82-80+,85-83+,86-84+,89-87+,90-88+,93-91+,94-92+,97-95+,98-96+,101-99+,102-100+,105-103+,106-104+,109-107+,110-108+,113-111+,114-112+,117-115+,118-116+,121-119+,122-120+,125-123+,126-124+,129-127+,130-128+,133-131+,134-132+,137-135+,138-136+,141-139+,142-140+,144-143+. The van der Waals surface area contributed by atoms with Crippen molar-refractivity contribution >= 4 is 0 Å². The lowest BCUT2D eigenvalue weighted by Crippen LogP contribution is -1.52. The van der Waals surface area contributed by atoms with Crippen molar-refractivity contribution in [3.63, 3.8) is 0 Å². The maximum atomic E-state index is 8.04. The molecule has 0 heterocycles. The van der Waals surface area contributed by atoms with Crippen LogP contribution in [0, 0.1) is 17.0 Å². The van der Waals surface area contributed by atoms with E-state index in [1.54, 1.807) is 0 Å². The largest absolute Gasteiger partial charge is 0.227 e. The summed E-state index contributed by atoms with van der Waals surface area (Å²) >= 11 is 0. The van der Waals surface area contributed by atoms with E-state index >= 15 is 0 Å². The van der Waals surface area contributed by atoms with Crippen molar-refractivity contribution in [1.29, 1.82) is 10.8 Å². The van der Waals surface area contributed by atoms with Crippen LogP contribution in [0.3, 0.4) is 0 Å². The summed E-state index contributed by atoms with van der Waals surface area (Å²) in [6.07, 6.45) is 1.31. The van der Waals surface area contributed by atoms with Gasteiger partial charge in [-0.15, -0.1) is 0 Å². The molecule has 720 valence electrons. The van der Waals surface area contributed by atoms with E-state index in [2.05, 4.69) is 736 Å². The maximum Gasteiger partial charge on any atom is 0.227 e.